The topological polar surface area (TPSA) is 65.8 Å². The number of pyridine rings is 1. The fraction of sp³-hybridized carbons (Fsp3) is 0.364. The molecule has 0 radical (unpaired) electrons. The van der Waals surface area contributed by atoms with Gasteiger partial charge >= 0.3 is 0 Å². The molecule has 0 amide bonds. The molecule has 0 spiro atoms. The second-order valence-electron chi connectivity index (χ2n) is 3.64. The molecule has 15 heavy (non-hydrogen) atoms. The Hall–Kier alpha value is -1.89. The zero-order chi connectivity index (χ0) is 11.3. The van der Waals surface area contributed by atoms with E-state index in [-0.39, 0.29) is 0 Å². The summed E-state index contributed by atoms with van der Waals surface area (Å²) in [6.07, 6.45) is 0.668. The van der Waals surface area contributed by atoms with E-state index in [2.05, 4.69) is 24.1 Å². The predicted octanol–water partition coefficient (Wildman–Crippen LogP) is 1.83. The van der Waals surface area contributed by atoms with Crippen LogP contribution in [0, 0.1) is 17.2 Å². The number of aromatic nitrogens is 1. The van der Waals surface area contributed by atoms with Gasteiger partial charge < -0.3 is 5.32 Å². The first-order valence-electron chi connectivity index (χ1n) is 4.77. The molecule has 0 fully saturated rings. The standard InChI is InChI=1S/C11H13N3O/c1-8(2)6-13-11-9(5-12)3-4-10(7-15)14-11/h3-4,7-8H,6H2,1-2H3,(H,13,14). The maximum atomic E-state index is 10.5. The maximum Gasteiger partial charge on any atom is 0.168 e. The van der Waals surface area contributed by atoms with Crippen molar-refractivity contribution in [3.63, 3.8) is 0 Å². The molecule has 4 heteroatoms. The van der Waals surface area contributed by atoms with E-state index in [1.807, 2.05) is 6.07 Å². The fourth-order valence-electron chi connectivity index (χ4n) is 1.07. The molecule has 0 bridgehead atoms. The minimum absolute atomic E-state index is 0.334. The Morgan fingerprint density at radius 2 is 2.33 bits per heavy atom. The Morgan fingerprint density at radius 1 is 1.60 bits per heavy atom. The van der Waals surface area contributed by atoms with Crippen molar-refractivity contribution in [3.05, 3.63) is 23.4 Å². The Morgan fingerprint density at radius 3 is 2.87 bits per heavy atom. The van der Waals surface area contributed by atoms with Crippen LogP contribution in [0.15, 0.2) is 12.1 Å². The number of carbonyl (C=O) groups is 1. The normalized spacial score (nSPS) is 9.73. The molecular weight excluding hydrogens is 190 g/mol. The zero-order valence-electron chi connectivity index (χ0n) is 8.82. The van der Waals surface area contributed by atoms with Gasteiger partial charge in [-0.1, -0.05) is 13.8 Å². The summed E-state index contributed by atoms with van der Waals surface area (Å²) >= 11 is 0. The first-order chi connectivity index (χ1) is 7.17. The second-order valence-corrected chi connectivity index (χ2v) is 3.64. The molecule has 78 valence electrons. The van der Waals surface area contributed by atoms with Crippen molar-refractivity contribution in [1.29, 1.82) is 5.26 Å². The van der Waals surface area contributed by atoms with Crippen molar-refractivity contribution in [3.8, 4) is 6.07 Å². The summed E-state index contributed by atoms with van der Waals surface area (Å²) in [5.41, 5.74) is 0.793. The van der Waals surface area contributed by atoms with Gasteiger partial charge in [-0.3, -0.25) is 4.79 Å². The molecule has 0 aliphatic rings. The zero-order valence-corrected chi connectivity index (χ0v) is 8.82. The minimum atomic E-state index is 0.334. The average molecular weight is 203 g/mol. The third kappa shape index (κ3) is 3.06. The highest BCUT2D eigenvalue weighted by atomic mass is 16.1. The first-order valence-corrected chi connectivity index (χ1v) is 4.77. The Balaban J connectivity index is 2.92. The highest BCUT2D eigenvalue weighted by Gasteiger charge is 2.05. The summed E-state index contributed by atoms with van der Waals surface area (Å²) in [6.45, 7) is 4.84. The van der Waals surface area contributed by atoms with Gasteiger partial charge in [0.2, 0.25) is 0 Å². The molecule has 1 N–H and O–H groups in total. The molecule has 0 atom stereocenters. The van der Waals surface area contributed by atoms with Gasteiger partial charge in [0.05, 0.1) is 5.56 Å². The lowest BCUT2D eigenvalue weighted by Gasteiger charge is -2.09. The van der Waals surface area contributed by atoms with E-state index in [0.29, 0.717) is 29.3 Å². The number of nitrogens with zero attached hydrogens (tertiary/aromatic N) is 2. The Bertz CT molecular complexity index is 393. The molecule has 1 rings (SSSR count). The van der Waals surface area contributed by atoms with Crippen LogP contribution >= 0.6 is 0 Å². The lowest BCUT2D eigenvalue weighted by atomic mass is 10.2. The van der Waals surface area contributed by atoms with Gasteiger partial charge in [0.1, 0.15) is 17.6 Å². The molecule has 0 aliphatic carbocycles. The largest absolute Gasteiger partial charge is 0.369 e. The van der Waals surface area contributed by atoms with Gasteiger partial charge in [0.25, 0.3) is 0 Å². The Labute approximate surface area is 88.9 Å². The quantitative estimate of drug-likeness (QED) is 0.758. The number of hydrogen-bond donors (Lipinski definition) is 1. The van der Waals surface area contributed by atoms with Crippen LogP contribution in [-0.2, 0) is 0 Å². The number of carbonyl (C=O) groups excluding carboxylic acids is 1. The highest BCUT2D eigenvalue weighted by Crippen LogP contribution is 2.12. The number of nitrogens with one attached hydrogen (secondary N) is 1. The van der Waals surface area contributed by atoms with Crippen LogP contribution in [0.1, 0.15) is 29.9 Å². The van der Waals surface area contributed by atoms with Crippen LogP contribution in [-0.4, -0.2) is 17.8 Å². The van der Waals surface area contributed by atoms with Crippen LogP contribution in [0.5, 0.6) is 0 Å². The lowest BCUT2D eigenvalue weighted by molar-refractivity contribution is 0.111. The second kappa shape index (κ2) is 5.11. The van der Waals surface area contributed by atoms with E-state index in [1.165, 1.54) is 6.07 Å². The van der Waals surface area contributed by atoms with Crippen molar-refractivity contribution in [2.24, 2.45) is 5.92 Å². The molecule has 4 nitrogen and oxygen atoms in total. The molecule has 0 unspecified atom stereocenters. The van der Waals surface area contributed by atoms with Crippen molar-refractivity contribution in [1.82, 2.24) is 4.98 Å². The molecule has 0 saturated heterocycles. The van der Waals surface area contributed by atoms with Crippen molar-refractivity contribution >= 4 is 12.1 Å². The van der Waals surface area contributed by atoms with E-state index < -0.39 is 0 Å². The van der Waals surface area contributed by atoms with E-state index in [9.17, 15) is 4.79 Å². The van der Waals surface area contributed by atoms with Gasteiger partial charge in [-0.15, -0.1) is 0 Å². The Kier molecular flexibility index (Phi) is 3.81. The summed E-state index contributed by atoms with van der Waals surface area (Å²) < 4.78 is 0. The SMILES string of the molecule is CC(C)CNc1nc(C=O)ccc1C#N. The van der Waals surface area contributed by atoms with E-state index >= 15 is 0 Å². The van der Waals surface area contributed by atoms with Crippen LogP contribution in [0.4, 0.5) is 5.82 Å². The van der Waals surface area contributed by atoms with Gasteiger partial charge in [-0.05, 0) is 18.1 Å². The summed E-state index contributed by atoms with van der Waals surface area (Å²) in [5, 5.41) is 11.9. The smallest absolute Gasteiger partial charge is 0.168 e. The average Bonchev–Trinajstić information content (AvgIpc) is 2.25. The fourth-order valence-corrected chi connectivity index (χ4v) is 1.07. The maximum absolute atomic E-state index is 10.5. The van der Waals surface area contributed by atoms with Gasteiger partial charge in [0.15, 0.2) is 6.29 Å². The van der Waals surface area contributed by atoms with E-state index in [0.717, 1.165) is 6.54 Å². The molecule has 1 heterocycles. The molecule has 1 aromatic rings. The minimum Gasteiger partial charge on any atom is -0.369 e. The molecule has 0 aliphatic heterocycles. The van der Waals surface area contributed by atoms with Crippen LogP contribution in [0.2, 0.25) is 0 Å². The molecule has 0 aromatic carbocycles. The monoisotopic (exact) mass is 203 g/mol. The summed E-state index contributed by atoms with van der Waals surface area (Å²) in [7, 11) is 0. The van der Waals surface area contributed by atoms with Gasteiger partial charge in [0, 0.05) is 6.54 Å². The number of nitriles is 1. The third-order valence-corrected chi connectivity index (χ3v) is 1.84. The number of anilines is 1. The van der Waals surface area contributed by atoms with Crippen molar-refractivity contribution < 1.29 is 4.79 Å². The van der Waals surface area contributed by atoms with Crippen LogP contribution in [0.3, 0.4) is 0 Å². The molecule has 1 aromatic heterocycles. The number of hydrogen-bond acceptors (Lipinski definition) is 4. The van der Waals surface area contributed by atoms with Crippen molar-refractivity contribution in [2.45, 2.75) is 13.8 Å². The number of rotatable bonds is 4. The number of aldehydes is 1. The summed E-state index contributed by atoms with van der Waals surface area (Å²) in [6, 6.07) is 5.16. The van der Waals surface area contributed by atoms with E-state index in [4.69, 9.17) is 5.26 Å². The summed E-state index contributed by atoms with van der Waals surface area (Å²) in [4.78, 5) is 14.6. The first kappa shape index (κ1) is 11.2. The van der Waals surface area contributed by atoms with E-state index in [1.54, 1.807) is 6.07 Å². The van der Waals surface area contributed by atoms with Gasteiger partial charge in [-0.25, -0.2) is 4.98 Å². The third-order valence-electron chi connectivity index (χ3n) is 1.84. The summed E-state index contributed by atoms with van der Waals surface area (Å²) in [5.74, 6) is 0.939. The highest BCUT2D eigenvalue weighted by molar-refractivity contribution is 5.73. The van der Waals surface area contributed by atoms with Crippen molar-refractivity contribution in [2.75, 3.05) is 11.9 Å². The van der Waals surface area contributed by atoms with Crippen LogP contribution in [0.25, 0.3) is 0 Å². The van der Waals surface area contributed by atoms with Gasteiger partial charge in [-0.2, -0.15) is 5.26 Å². The predicted molar refractivity (Wildman–Crippen MR) is 57.7 cm³/mol. The molecular formula is C11H13N3O. The molecule has 0 saturated carbocycles. The lowest BCUT2D eigenvalue weighted by Crippen LogP contribution is -2.11. The van der Waals surface area contributed by atoms with Crippen LogP contribution < -0.4 is 5.32 Å².